The quantitative estimate of drug-likeness (QED) is 0.669. The summed E-state index contributed by atoms with van der Waals surface area (Å²) in [5.41, 5.74) is 1.92. The second kappa shape index (κ2) is 3.10. The molecular weight excluding hydrogens is 206 g/mol. The van der Waals surface area contributed by atoms with Crippen molar-refractivity contribution < 1.29 is 4.52 Å². The molecular formula is C11H9N3O2. The van der Waals surface area contributed by atoms with E-state index in [1.165, 1.54) is 0 Å². The minimum atomic E-state index is -0.540. The Labute approximate surface area is 90.3 Å². The molecule has 0 amide bonds. The zero-order valence-corrected chi connectivity index (χ0v) is 8.60. The van der Waals surface area contributed by atoms with Gasteiger partial charge in [-0.05, 0) is 17.5 Å². The molecule has 1 aromatic carbocycles. The highest BCUT2D eigenvalue weighted by molar-refractivity contribution is 5.84. The highest BCUT2D eigenvalue weighted by Gasteiger charge is 2.06. The van der Waals surface area contributed by atoms with Crippen molar-refractivity contribution in [2.75, 3.05) is 0 Å². The van der Waals surface area contributed by atoms with Crippen LogP contribution in [0.15, 0.2) is 39.8 Å². The van der Waals surface area contributed by atoms with Gasteiger partial charge in [-0.3, -0.25) is 9.51 Å². The van der Waals surface area contributed by atoms with Crippen molar-refractivity contribution >= 4 is 10.9 Å². The van der Waals surface area contributed by atoms with Crippen molar-refractivity contribution in [2.45, 2.75) is 0 Å². The number of fused-ring (bicyclic) bond motifs is 1. The number of H-pyrrole nitrogens is 1. The molecule has 3 rings (SSSR count). The molecule has 16 heavy (non-hydrogen) atoms. The summed E-state index contributed by atoms with van der Waals surface area (Å²) in [4.78, 5) is 13.4. The lowest BCUT2D eigenvalue weighted by Gasteiger charge is -1.98. The molecule has 0 bridgehead atoms. The van der Waals surface area contributed by atoms with Gasteiger partial charge in [0.15, 0.2) is 5.82 Å². The fourth-order valence-corrected chi connectivity index (χ4v) is 1.76. The van der Waals surface area contributed by atoms with Crippen LogP contribution in [-0.2, 0) is 7.05 Å². The molecule has 0 saturated heterocycles. The Morgan fingerprint density at radius 1 is 1.38 bits per heavy atom. The molecule has 0 aliphatic heterocycles. The number of hydrogen-bond acceptors (Lipinski definition) is 3. The summed E-state index contributed by atoms with van der Waals surface area (Å²) in [6.45, 7) is 0. The molecule has 5 nitrogen and oxygen atoms in total. The fraction of sp³-hybridized carbons (Fsp3) is 0.0909. The molecule has 1 N–H and O–H groups in total. The second-order valence-electron chi connectivity index (χ2n) is 3.64. The third-order valence-electron chi connectivity index (χ3n) is 2.60. The van der Waals surface area contributed by atoms with Gasteiger partial charge in [0.05, 0.1) is 0 Å². The van der Waals surface area contributed by atoms with Gasteiger partial charge in [-0.2, -0.15) is 0 Å². The van der Waals surface area contributed by atoms with Crippen LogP contribution in [0.2, 0.25) is 0 Å². The van der Waals surface area contributed by atoms with Crippen molar-refractivity contribution in [1.29, 1.82) is 0 Å². The number of aryl methyl sites for hydroxylation is 1. The average Bonchev–Trinajstić information content (AvgIpc) is 2.86. The molecule has 0 atom stereocenters. The van der Waals surface area contributed by atoms with Gasteiger partial charge in [0.25, 0.3) is 0 Å². The lowest BCUT2D eigenvalue weighted by Crippen LogP contribution is -1.94. The van der Waals surface area contributed by atoms with Crippen LogP contribution in [-0.4, -0.2) is 14.7 Å². The third kappa shape index (κ3) is 1.25. The number of benzene rings is 1. The summed E-state index contributed by atoms with van der Waals surface area (Å²) in [5, 5.41) is 4.80. The summed E-state index contributed by atoms with van der Waals surface area (Å²) in [6.07, 6.45) is 1.99. The maximum Gasteiger partial charge on any atom is 0.439 e. The maximum atomic E-state index is 10.9. The molecule has 0 aliphatic carbocycles. The van der Waals surface area contributed by atoms with Crippen molar-refractivity contribution in [1.82, 2.24) is 14.7 Å². The molecule has 80 valence electrons. The summed E-state index contributed by atoms with van der Waals surface area (Å²) in [5.74, 6) is -0.0879. The van der Waals surface area contributed by atoms with E-state index in [4.69, 9.17) is 0 Å². The zero-order chi connectivity index (χ0) is 11.1. The Kier molecular flexibility index (Phi) is 1.73. The topological polar surface area (TPSA) is 63.8 Å². The smallest absolute Gasteiger partial charge is 0.351 e. The van der Waals surface area contributed by atoms with E-state index in [1.807, 2.05) is 42.1 Å². The summed E-state index contributed by atoms with van der Waals surface area (Å²) < 4.78 is 6.49. The van der Waals surface area contributed by atoms with Crippen LogP contribution in [0.1, 0.15) is 0 Å². The number of rotatable bonds is 1. The normalized spacial score (nSPS) is 11.1. The molecule has 2 heterocycles. The van der Waals surface area contributed by atoms with Crippen molar-refractivity contribution in [3.05, 3.63) is 41.0 Å². The van der Waals surface area contributed by atoms with Crippen LogP contribution < -0.4 is 5.76 Å². The molecule has 0 aliphatic rings. The number of nitrogens with one attached hydrogen (secondary N) is 1. The Bertz CT molecular complexity index is 705. The minimum Gasteiger partial charge on any atom is -0.351 e. The van der Waals surface area contributed by atoms with Gasteiger partial charge in [0.2, 0.25) is 0 Å². The highest BCUT2D eigenvalue weighted by atomic mass is 16.5. The van der Waals surface area contributed by atoms with Crippen molar-refractivity contribution in [2.24, 2.45) is 7.05 Å². The SMILES string of the molecule is Cn1ccc2ccc(-c3noc(=O)[nH]3)cc21. The van der Waals surface area contributed by atoms with E-state index >= 15 is 0 Å². The molecule has 0 unspecified atom stereocenters. The molecule has 0 fully saturated rings. The van der Waals surface area contributed by atoms with Gasteiger partial charge >= 0.3 is 5.76 Å². The summed E-state index contributed by atoms with van der Waals surface area (Å²) in [6, 6.07) is 7.88. The average molecular weight is 215 g/mol. The predicted octanol–water partition coefficient (Wildman–Crippen LogP) is 1.52. The first-order valence-electron chi connectivity index (χ1n) is 4.85. The van der Waals surface area contributed by atoms with Gasteiger partial charge in [0.1, 0.15) is 0 Å². The summed E-state index contributed by atoms with van der Waals surface area (Å²) in [7, 11) is 1.97. The zero-order valence-electron chi connectivity index (χ0n) is 8.60. The van der Waals surface area contributed by atoms with E-state index in [9.17, 15) is 4.79 Å². The van der Waals surface area contributed by atoms with Crippen LogP contribution in [0.3, 0.4) is 0 Å². The molecule has 3 aromatic rings. The molecule has 0 spiro atoms. The lowest BCUT2D eigenvalue weighted by atomic mass is 10.1. The second-order valence-corrected chi connectivity index (χ2v) is 3.64. The third-order valence-corrected chi connectivity index (χ3v) is 2.60. The van der Waals surface area contributed by atoms with E-state index in [-0.39, 0.29) is 0 Å². The number of nitrogens with zero attached hydrogens (tertiary/aromatic N) is 2. The first kappa shape index (κ1) is 8.96. The lowest BCUT2D eigenvalue weighted by molar-refractivity contribution is 0.388. The van der Waals surface area contributed by atoms with E-state index in [2.05, 4.69) is 14.7 Å². The molecule has 5 heteroatoms. The van der Waals surface area contributed by atoms with E-state index in [0.29, 0.717) is 5.82 Å². The van der Waals surface area contributed by atoms with Gasteiger partial charge in [0, 0.05) is 24.3 Å². The first-order valence-corrected chi connectivity index (χ1v) is 4.85. The Balaban J connectivity index is 2.24. The van der Waals surface area contributed by atoms with Gasteiger partial charge in [-0.25, -0.2) is 4.79 Å². The van der Waals surface area contributed by atoms with E-state index < -0.39 is 5.76 Å². The standard InChI is InChI=1S/C11H9N3O2/c1-14-5-4-7-2-3-8(6-9(7)14)10-12-11(15)16-13-10/h2-6H,1H3,(H,12,13,15). The Hall–Kier alpha value is -2.30. The van der Waals surface area contributed by atoms with Crippen LogP contribution in [0, 0.1) is 0 Å². The number of aromatic nitrogens is 3. The summed E-state index contributed by atoms with van der Waals surface area (Å²) >= 11 is 0. The predicted molar refractivity (Wildman–Crippen MR) is 59.0 cm³/mol. The van der Waals surface area contributed by atoms with Crippen LogP contribution in [0.4, 0.5) is 0 Å². The number of hydrogen-bond donors (Lipinski definition) is 1. The fourth-order valence-electron chi connectivity index (χ4n) is 1.76. The monoisotopic (exact) mass is 215 g/mol. The molecule has 0 radical (unpaired) electrons. The maximum absolute atomic E-state index is 10.9. The van der Waals surface area contributed by atoms with Crippen molar-refractivity contribution in [3.63, 3.8) is 0 Å². The molecule has 2 aromatic heterocycles. The van der Waals surface area contributed by atoms with Crippen LogP contribution in [0.25, 0.3) is 22.3 Å². The van der Waals surface area contributed by atoms with Gasteiger partial charge in [-0.15, -0.1) is 0 Å². The van der Waals surface area contributed by atoms with Crippen molar-refractivity contribution in [3.8, 4) is 11.4 Å². The Morgan fingerprint density at radius 3 is 3.00 bits per heavy atom. The van der Waals surface area contributed by atoms with Gasteiger partial charge in [-0.1, -0.05) is 17.3 Å². The largest absolute Gasteiger partial charge is 0.439 e. The Morgan fingerprint density at radius 2 is 2.25 bits per heavy atom. The van der Waals surface area contributed by atoms with Gasteiger partial charge < -0.3 is 4.57 Å². The van der Waals surface area contributed by atoms with E-state index in [1.54, 1.807) is 0 Å². The van der Waals surface area contributed by atoms with E-state index in [0.717, 1.165) is 16.5 Å². The highest BCUT2D eigenvalue weighted by Crippen LogP contribution is 2.21. The van der Waals surface area contributed by atoms with Crippen LogP contribution in [0.5, 0.6) is 0 Å². The first-order chi connectivity index (χ1) is 7.74. The minimum absolute atomic E-state index is 0.452. The molecule has 0 saturated carbocycles. The number of aromatic amines is 1. The van der Waals surface area contributed by atoms with Crippen LogP contribution >= 0.6 is 0 Å².